The van der Waals surface area contributed by atoms with E-state index in [-0.39, 0.29) is 5.70 Å². The number of esters is 1. The van der Waals surface area contributed by atoms with Gasteiger partial charge in [-0.2, -0.15) is 4.99 Å². The van der Waals surface area contributed by atoms with Crippen molar-refractivity contribution in [3.8, 4) is 0 Å². The Labute approximate surface area is 70.8 Å². The molecule has 0 aliphatic heterocycles. The van der Waals surface area contributed by atoms with Gasteiger partial charge in [0.15, 0.2) is 5.70 Å². The molecule has 60 valence electrons. The van der Waals surface area contributed by atoms with E-state index in [1.807, 2.05) is 0 Å². The second-order valence-corrected chi connectivity index (χ2v) is 1.78. The minimum Gasteiger partial charge on any atom is -0.461 e. The van der Waals surface area contributed by atoms with Crippen molar-refractivity contribution < 1.29 is 9.53 Å². The SMILES string of the molecule is CC=C(N=C=S)C(=O)OCC. The molecule has 0 rings (SSSR count). The van der Waals surface area contributed by atoms with E-state index in [1.165, 1.54) is 6.08 Å². The highest BCUT2D eigenvalue weighted by molar-refractivity contribution is 7.78. The number of aliphatic imine (C=N–C) groups is 1. The number of carbonyl (C=O) groups is 1. The molecule has 11 heavy (non-hydrogen) atoms. The van der Waals surface area contributed by atoms with Gasteiger partial charge in [-0.1, -0.05) is 6.08 Å². The molecule has 0 saturated heterocycles. The van der Waals surface area contributed by atoms with Crippen LogP contribution in [0.25, 0.3) is 0 Å². The van der Waals surface area contributed by atoms with Gasteiger partial charge in [0.1, 0.15) is 0 Å². The summed E-state index contributed by atoms with van der Waals surface area (Å²) in [5.74, 6) is -0.465. The van der Waals surface area contributed by atoms with Crippen LogP contribution >= 0.6 is 12.2 Å². The first-order valence-electron chi connectivity index (χ1n) is 3.17. The second-order valence-electron chi connectivity index (χ2n) is 1.60. The average Bonchev–Trinajstić information content (AvgIpc) is 2.00. The van der Waals surface area contributed by atoms with E-state index >= 15 is 0 Å². The molecule has 0 aromatic carbocycles. The van der Waals surface area contributed by atoms with Crippen LogP contribution in [0, 0.1) is 0 Å². The quantitative estimate of drug-likeness (QED) is 0.280. The van der Waals surface area contributed by atoms with Gasteiger partial charge in [0.2, 0.25) is 0 Å². The monoisotopic (exact) mass is 171 g/mol. The highest BCUT2D eigenvalue weighted by Gasteiger charge is 2.05. The molecule has 0 saturated carbocycles. The van der Waals surface area contributed by atoms with Crippen LogP contribution in [0.3, 0.4) is 0 Å². The molecule has 0 radical (unpaired) electrons. The molecule has 0 N–H and O–H groups in total. The first-order valence-corrected chi connectivity index (χ1v) is 3.58. The van der Waals surface area contributed by atoms with Gasteiger partial charge in [0.05, 0.1) is 11.8 Å². The standard InChI is InChI=1S/C7H9NO2S/c1-3-6(8-5-11)7(9)10-4-2/h3H,4H2,1-2H3. The Bertz CT molecular complexity index is 216. The Hall–Kier alpha value is -0.990. The summed E-state index contributed by atoms with van der Waals surface area (Å²) in [6.45, 7) is 3.75. The first-order chi connectivity index (χ1) is 5.26. The van der Waals surface area contributed by atoms with Gasteiger partial charge in [-0.05, 0) is 26.1 Å². The third kappa shape index (κ3) is 3.65. The largest absolute Gasteiger partial charge is 0.461 e. The zero-order chi connectivity index (χ0) is 8.69. The van der Waals surface area contributed by atoms with Crippen molar-refractivity contribution in [3.63, 3.8) is 0 Å². The van der Waals surface area contributed by atoms with Crippen LogP contribution in [0.1, 0.15) is 13.8 Å². The van der Waals surface area contributed by atoms with E-state index in [4.69, 9.17) is 0 Å². The van der Waals surface area contributed by atoms with Gasteiger partial charge >= 0.3 is 5.97 Å². The molecular weight excluding hydrogens is 162 g/mol. The molecular formula is C7H9NO2S. The average molecular weight is 171 g/mol. The zero-order valence-electron chi connectivity index (χ0n) is 6.46. The molecule has 0 bridgehead atoms. The summed E-state index contributed by atoms with van der Waals surface area (Å²) in [4.78, 5) is 14.4. The van der Waals surface area contributed by atoms with Crippen LogP contribution in [-0.2, 0) is 9.53 Å². The Balaban J connectivity index is 4.28. The Morgan fingerprint density at radius 1 is 1.82 bits per heavy atom. The van der Waals surface area contributed by atoms with Crippen molar-refractivity contribution in [2.24, 2.45) is 4.99 Å². The van der Waals surface area contributed by atoms with Crippen LogP contribution in [0.2, 0.25) is 0 Å². The third-order valence-corrected chi connectivity index (χ3v) is 1.02. The number of allylic oxidation sites excluding steroid dienone is 1. The Kier molecular flexibility index (Phi) is 5.25. The van der Waals surface area contributed by atoms with Crippen molar-refractivity contribution in [2.75, 3.05) is 6.61 Å². The lowest BCUT2D eigenvalue weighted by atomic mass is 10.4. The summed E-state index contributed by atoms with van der Waals surface area (Å²) < 4.78 is 4.66. The fraction of sp³-hybridized carbons (Fsp3) is 0.429. The minimum atomic E-state index is -0.465. The molecule has 0 heterocycles. The molecule has 0 fully saturated rings. The molecule has 3 nitrogen and oxygen atoms in total. The highest BCUT2D eigenvalue weighted by Crippen LogP contribution is 1.98. The van der Waals surface area contributed by atoms with Crippen LogP contribution in [0.4, 0.5) is 0 Å². The Morgan fingerprint density at radius 3 is 2.82 bits per heavy atom. The minimum absolute atomic E-state index is 0.196. The smallest absolute Gasteiger partial charge is 0.357 e. The lowest BCUT2D eigenvalue weighted by Gasteiger charge is -1.98. The number of carbonyl (C=O) groups excluding carboxylic acids is 1. The lowest BCUT2D eigenvalue weighted by Crippen LogP contribution is -2.05. The maximum absolute atomic E-state index is 10.9. The third-order valence-electron chi connectivity index (χ3n) is 0.924. The molecule has 0 unspecified atom stereocenters. The summed E-state index contributed by atoms with van der Waals surface area (Å²) in [6.07, 6.45) is 1.53. The lowest BCUT2D eigenvalue weighted by molar-refractivity contribution is -0.138. The zero-order valence-corrected chi connectivity index (χ0v) is 7.27. The summed E-state index contributed by atoms with van der Waals surface area (Å²) in [6, 6.07) is 0. The summed E-state index contributed by atoms with van der Waals surface area (Å²) in [5, 5.41) is 2.10. The number of isothiocyanates is 1. The van der Waals surface area contributed by atoms with E-state index in [0.717, 1.165) is 0 Å². The molecule has 0 aliphatic carbocycles. The molecule has 0 spiro atoms. The number of nitrogens with zero attached hydrogens (tertiary/aromatic N) is 1. The second kappa shape index (κ2) is 5.77. The fourth-order valence-electron chi connectivity index (χ4n) is 0.482. The summed E-state index contributed by atoms with van der Waals surface area (Å²) in [7, 11) is 0. The van der Waals surface area contributed by atoms with Crippen molar-refractivity contribution in [1.29, 1.82) is 0 Å². The first kappa shape index (κ1) is 10.0. The van der Waals surface area contributed by atoms with E-state index in [9.17, 15) is 4.79 Å². The topological polar surface area (TPSA) is 38.7 Å². The van der Waals surface area contributed by atoms with Crippen molar-refractivity contribution >= 4 is 23.3 Å². The molecule has 0 atom stereocenters. The van der Waals surface area contributed by atoms with Gasteiger partial charge in [-0.25, -0.2) is 4.79 Å². The van der Waals surface area contributed by atoms with Crippen LogP contribution < -0.4 is 0 Å². The van der Waals surface area contributed by atoms with Crippen LogP contribution in [-0.4, -0.2) is 17.7 Å². The van der Waals surface area contributed by atoms with Crippen molar-refractivity contribution in [2.45, 2.75) is 13.8 Å². The van der Waals surface area contributed by atoms with Crippen molar-refractivity contribution in [1.82, 2.24) is 0 Å². The summed E-state index contributed by atoms with van der Waals surface area (Å²) in [5.41, 5.74) is 0.196. The number of ether oxygens (including phenoxy) is 1. The normalized spacial score (nSPS) is 10.2. The molecule has 0 aromatic heterocycles. The number of hydrogen-bond acceptors (Lipinski definition) is 4. The van der Waals surface area contributed by atoms with Gasteiger partial charge in [-0.15, -0.1) is 0 Å². The molecule has 4 heteroatoms. The number of hydrogen-bond donors (Lipinski definition) is 0. The van der Waals surface area contributed by atoms with Crippen molar-refractivity contribution in [3.05, 3.63) is 11.8 Å². The van der Waals surface area contributed by atoms with Gasteiger partial charge < -0.3 is 4.74 Å². The van der Waals surface area contributed by atoms with Crippen LogP contribution in [0.5, 0.6) is 0 Å². The molecule has 0 aliphatic rings. The molecule has 0 aromatic rings. The van der Waals surface area contributed by atoms with Gasteiger partial charge in [-0.3, -0.25) is 0 Å². The highest BCUT2D eigenvalue weighted by atomic mass is 32.1. The number of rotatable bonds is 3. The van der Waals surface area contributed by atoms with Crippen LogP contribution in [0.15, 0.2) is 16.8 Å². The van der Waals surface area contributed by atoms with E-state index in [2.05, 4.69) is 27.1 Å². The van der Waals surface area contributed by atoms with E-state index < -0.39 is 5.97 Å². The van der Waals surface area contributed by atoms with Gasteiger partial charge in [0, 0.05) is 0 Å². The molecule has 0 amide bonds. The maximum atomic E-state index is 10.9. The van der Waals surface area contributed by atoms with E-state index in [0.29, 0.717) is 6.61 Å². The number of thiocarbonyl (C=S) groups is 1. The van der Waals surface area contributed by atoms with E-state index in [1.54, 1.807) is 13.8 Å². The predicted molar refractivity (Wildman–Crippen MR) is 45.4 cm³/mol. The maximum Gasteiger partial charge on any atom is 0.357 e. The summed E-state index contributed by atoms with van der Waals surface area (Å²) >= 11 is 4.33. The fourth-order valence-corrected chi connectivity index (χ4v) is 0.581. The Morgan fingerprint density at radius 2 is 2.45 bits per heavy atom. The predicted octanol–water partition coefficient (Wildman–Crippen LogP) is 1.56. The van der Waals surface area contributed by atoms with Gasteiger partial charge in [0.25, 0.3) is 0 Å².